The van der Waals surface area contributed by atoms with E-state index in [1.54, 1.807) is 24.3 Å². The zero-order valence-corrected chi connectivity index (χ0v) is 12.3. The molecule has 5 nitrogen and oxygen atoms in total. The molecule has 0 aliphatic rings. The molecule has 3 aromatic rings. The number of H-pyrrole nitrogens is 1. The van der Waals surface area contributed by atoms with Gasteiger partial charge in [0.1, 0.15) is 0 Å². The Hall–Kier alpha value is -2.91. The minimum atomic E-state index is -0.465. The SMILES string of the molecule is N#Cc1cccc(Cn2c(=O)[nH]cc(-c3cccs3)c2=O)c1. The molecule has 1 N–H and O–H groups in total. The summed E-state index contributed by atoms with van der Waals surface area (Å²) in [5.74, 6) is 0. The Labute approximate surface area is 129 Å². The Bertz CT molecular complexity index is 962. The number of rotatable bonds is 3. The largest absolute Gasteiger partial charge is 0.328 e. The molecule has 0 fully saturated rings. The Morgan fingerprint density at radius 1 is 1.23 bits per heavy atom. The van der Waals surface area contributed by atoms with Crippen LogP contribution in [0, 0.1) is 11.3 Å². The van der Waals surface area contributed by atoms with E-state index in [1.807, 2.05) is 23.6 Å². The Balaban J connectivity index is 2.07. The lowest BCUT2D eigenvalue weighted by Gasteiger charge is -2.06. The first-order valence-corrected chi connectivity index (χ1v) is 7.42. The molecule has 22 heavy (non-hydrogen) atoms. The van der Waals surface area contributed by atoms with Gasteiger partial charge in [0.2, 0.25) is 0 Å². The Morgan fingerprint density at radius 2 is 2.09 bits per heavy atom. The van der Waals surface area contributed by atoms with Gasteiger partial charge in [0.15, 0.2) is 0 Å². The standard InChI is InChI=1S/C16H11N3O2S/c17-8-11-3-1-4-12(7-11)10-19-15(20)13(9-18-16(19)21)14-5-2-6-22-14/h1-7,9H,10H2,(H,18,21). The van der Waals surface area contributed by atoms with Crippen LogP contribution in [-0.2, 0) is 6.54 Å². The highest BCUT2D eigenvalue weighted by Crippen LogP contribution is 2.19. The average molecular weight is 309 g/mol. The first-order valence-electron chi connectivity index (χ1n) is 6.54. The summed E-state index contributed by atoms with van der Waals surface area (Å²) >= 11 is 1.44. The van der Waals surface area contributed by atoms with Gasteiger partial charge < -0.3 is 4.98 Å². The van der Waals surface area contributed by atoms with Crippen molar-refractivity contribution in [3.63, 3.8) is 0 Å². The second kappa shape index (κ2) is 5.84. The smallest absolute Gasteiger partial charge is 0.313 e. The molecule has 6 heteroatoms. The van der Waals surface area contributed by atoms with Gasteiger partial charge in [-0.1, -0.05) is 18.2 Å². The molecular weight excluding hydrogens is 298 g/mol. The van der Waals surface area contributed by atoms with Gasteiger partial charge in [-0.05, 0) is 29.1 Å². The number of benzene rings is 1. The van der Waals surface area contributed by atoms with Crippen LogP contribution in [0.2, 0.25) is 0 Å². The van der Waals surface area contributed by atoms with E-state index >= 15 is 0 Å². The number of hydrogen-bond donors (Lipinski definition) is 1. The maximum atomic E-state index is 12.5. The third-order valence-corrected chi connectivity index (χ3v) is 4.15. The molecule has 0 spiro atoms. The van der Waals surface area contributed by atoms with Crippen LogP contribution in [0.1, 0.15) is 11.1 Å². The van der Waals surface area contributed by atoms with Crippen molar-refractivity contribution in [3.05, 3.63) is 79.9 Å². The topological polar surface area (TPSA) is 78.7 Å². The highest BCUT2D eigenvalue weighted by atomic mass is 32.1. The molecule has 2 aromatic heterocycles. The zero-order chi connectivity index (χ0) is 15.5. The van der Waals surface area contributed by atoms with E-state index < -0.39 is 5.69 Å². The molecule has 0 aliphatic carbocycles. The van der Waals surface area contributed by atoms with Gasteiger partial charge in [-0.15, -0.1) is 11.3 Å². The number of aromatic amines is 1. The van der Waals surface area contributed by atoms with Gasteiger partial charge in [0, 0.05) is 11.1 Å². The van der Waals surface area contributed by atoms with Crippen molar-refractivity contribution in [1.82, 2.24) is 9.55 Å². The van der Waals surface area contributed by atoms with Crippen LogP contribution in [0.3, 0.4) is 0 Å². The first-order chi connectivity index (χ1) is 10.7. The average Bonchev–Trinajstić information content (AvgIpc) is 3.06. The molecule has 108 valence electrons. The highest BCUT2D eigenvalue weighted by molar-refractivity contribution is 7.13. The van der Waals surface area contributed by atoms with Gasteiger partial charge in [-0.2, -0.15) is 5.26 Å². The minimum Gasteiger partial charge on any atom is -0.313 e. The molecule has 1 aromatic carbocycles. The molecular formula is C16H11N3O2S. The van der Waals surface area contributed by atoms with Gasteiger partial charge in [-0.25, -0.2) is 4.79 Å². The van der Waals surface area contributed by atoms with Crippen molar-refractivity contribution >= 4 is 11.3 Å². The third-order valence-electron chi connectivity index (χ3n) is 3.24. The van der Waals surface area contributed by atoms with Gasteiger partial charge in [-0.3, -0.25) is 9.36 Å². The van der Waals surface area contributed by atoms with Crippen LogP contribution >= 0.6 is 11.3 Å². The van der Waals surface area contributed by atoms with Crippen molar-refractivity contribution in [2.24, 2.45) is 0 Å². The molecule has 3 rings (SSSR count). The molecule has 0 bridgehead atoms. The van der Waals surface area contributed by atoms with E-state index in [1.165, 1.54) is 17.5 Å². The van der Waals surface area contributed by atoms with Gasteiger partial charge in [0.25, 0.3) is 5.56 Å². The van der Waals surface area contributed by atoms with E-state index in [0.29, 0.717) is 11.1 Å². The fraction of sp³-hybridized carbons (Fsp3) is 0.0625. The molecule has 0 atom stereocenters. The number of nitrogens with zero attached hydrogens (tertiary/aromatic N) is 2. The lowest BCUT2D eigenvalue weighted by molar-refractivity contribution is 0.701. The number of thiophene rings is 1. The van der Waals surface area contributed by atoms with Crippen molar-refractivity contribution in [2.75, 3.05) is 0 Å². The summed E-state index contributed by atoms with van der Waals surface area (Å²) in [5, 5.41) is 10.8. The molecule has 0 saturated heterocycles. The normalized spacial score (nSPS) is 10.3. The van der Waals surface area contributed by atoms with Crippen LogP contribution in [0.4, 0.5) is 0 Å². The van der Waals surface area contributed by atoms with Crippen LogP contribution in [-0.4, -0.2) is 9.55 Å². The van der Waals surface area contributed by atoms with Crippen molar-refractivity contribution in [1.29, 1.82) is 5.26 Å². The van der Waals surface area contributed by atoms with Gasteiger partial charge >= 0.3 is 5.69 Å². The first kappa shape index (κ1) is 14.0. The summed E-state index contributed by atoms with van der Waals surface area (Å²) < 4.78 is 1.14. The zero-order valence-electron chi connectivity index (χ0n) is 11.4. The van der Waals surface area contributed by atoms with Crippen LogP contribution in [0.25, 0.3) is 10.4 Å². The van der Waals surface area contributed by atoms with E-state index in [9.17, 15) is 9.59 Å². The maximum Gasteiger partial charge on any atom is 0.328 e. The maximum absolute atomic E-state index is 12.5. The fourth-order valence-electron chi connectivity index (χ4n) is 2.18. The summed E-state index contributed by atoms with van der Waals surface area (Å²) in [7, 11) is 0. The van der Waals surface area contributed by atoms with Crippen LogP contribution in [0.15, 0.2) is 57.6 Å². The summed E-state index contributed by atoms with van der Waals surface area (Å²) in [6, 6.07) is 12.6. The Kier molecular flexibility index (Phi) is 3.73. The number of nitrogens with one attached hydrogen (secondary N) is 1. The van der Waals surface area contributed by atoms with Crippen LogP contribution in [0.5, 0.6) is 0 Å². The predicted molar refractivity (Wildman–Crippen MR) is 84.9 cm³/mol. The van der Waals surface area contributed by atoms with Crippen molar-refractivity contribution < 1.29 is 0 Å². The second-order valence-electron chi connectivity index (χ2n) is 4.69. The summed E-state index contributed by atoms with van der Waals surface area (Å²) in [5.41, 5.74) is 0.888. The highest BCUT2D eigenvalue weighted by Gasteiger charge is 2.10. The van der Waals surface area contributed by atoms with Crippen molar-refractivity contribution in [3.8, 4) is 16.5 Å². The van der Waals surface area contributed by atoms with E-state index in [4.69, 9.17) is 5.26 Å². The summed E-state index contributed by atoms with van der Waals surface area (Å²) in [4.78, 5) is 27.9. The Morgan fingerprint density at radius 3 is 2.82 bits per heavy atom. The lowest BCUT2D eigenvalue weighted by Crippen LogP contribution is -2.35. The van der Waals surface area contributed by atoms with Gasteiger partial charge in [0.05, 0.1) is 23.7 Å². The number of hydrogen-bond acceptors (Lipinski definition) is 4. The predicted octanol–water partition coefficient (Wildman–Crippen LogP) is 2.19. The second-order valence-corrected chi connectivity index (χ2v) is 5.64. The summed E-state index contributed by atoms with van der Waals surface area (Å²) in [6.45, 7) is 0.128. The molecule has 0 aliphatic heterocycles. The van der Waals surface area contributed by atoms with E-state index in [2.05, 4.69) is 4.98 Å². The third kappa shape index (κ3) is 2.62. The van der Waals surface area contributed by atoms with E-state index in [0.717, 1.165) is 15.0 Å². The molecule has 0 amide bonds. The molecule has 0 saturated carbocycles. The molecule has 0 radical (unpaired) electrons. The lowest BCUT2D eigenvalue weighted by atomic mass is 10.1. The summed E-state index contributed by atoms with van der Waals surface area (Å²) in [6.07, 6.45) is 1.44. The molecule has 0 unspecified atom stereocenters. The fourth-order valence-corrected chi connectivity index (χ4v) is 2.92. The van der Waals surface area contributed by atoms with E-state index in [-0.39, 0.29) is 12.1 Å². The quantitative estimate of drug-likeness (QED) is 0.805. The molecule has 2 heterocycles. The number of aromatic nitrogens is 2. The van der Waals surface area contributed by atoms with Crippen LogP contribution < -0.4 is 11.2 Å². The number of nitriles is 1. The monoisotopic (exact) mass is 309 g/mol. The van der Waals surface area contributed by atoms with Crippen molar-refractivity contribution in [2.45, 2.75) is 6.54 Å². The minimum absolute atomic E-state index is 0.128.